The average Bonchev–Trinajstić information content (AvgIpc) is 3.36. The van der Waals surface area contributed by atoms with E-state index in [0.29, 0.717) is 18.9 Å². The number of nitrogens with zero attached hydrogens (tertiary/aromatic N) is 2. The van der Waals surface area contributed by atoms with Gasteiger partial charge >= 0.3 is 5.97 Å². The summed E-state index contributed by atoms with van der Waals surface area (Å²) in [6.07, 6.45) is 12.8. The molecule has 0 bridgehead atoms. The number of alkyl halides is 1. The summed E-state index contributed by atoms with van der Waals surface area (Å²) in [5.74, 6) is 0.220. The normalized spacial score (nSPS) is 25.2. The lowest BCUT2D eigenvalue weighted by Crippen LogP contribution is -2.53. The molecule has 14 heteroatoms. The lowest BCUT2D eigenvalue weighted by atomic mass is 9.68. The standard InChI is InChI=1S/C27H30ClNO4.C8H16N2.C8H17NO3S.CH3I/c1-2-24(30)21-8-5-19(21)14-29-15-27(11-3-4-17-12-20(28)7-9-22(17)27)16-33-25-10-6-18(26(31)32)13-23(25)29;1-2-5-10-6-4-9-7-8(10)3-1;1-4-5-7(2)8(6-12-3)13(9,10)11;1-2/h2,6-7,9-10,12-13,19,21,24,30H,1,3-5,8,11,14-16H2,(H,31,32);8-9H,1-7H2;4,7-8H,1,5-6H2,2-3H3,(H2,9,10,11);1H3/t19-,21+,24-,27-;8-;7-,8+;/m010./s1. The van der Waals surface area contributed by atoms with Crippen LogP contribution < -0.4 is 20.1 Å². The molecule has 7 atom stereocenters. The molecule has 1 saturated carbocycles. The van der Waals surface area contributed by atoms with Crippen molar-refractivity contribution in [2.24, 2.45) is 22.9 Å². The zero-order valence-corrected chi connectivity index (χ0v) is 38.3. The van der Waals surface area contributed by atoms with Crippen molar-refractivity contribution in [1.29, 1.82) is 0 Å². The Morgan fingerprint density at radius 2 is 1.93 bits per heavy atom. The molecular formula is C44H66ClIN4O7S. The lowest BCUT2D eigenvalue weighted by Gasteiger charge is -2.45. The number of aliphatic hydroxyl groups excluding tert-OH is 1. The Balaban J connectivity index is 0.000000243. The summed E-state index contributed by atoms with van der Waals surface area (Å²) in [4.78, 5) is 18.6. The fourth-order valence-electron chi connectivity index (χ4n) is 9.21. The number of allylic oxidation sites excluding steroid dienone is 1. The van der Waals surface area contributed by atoms with Gasteiger partial charge in [0.05, 0.1) is 30.6 Å². The fraction of sp³-hybridized carbons (Fsp3) is 0.614. The number of anilines is 1. The summed E-state index contributed by atoms with van der Waals surface area (Å²) in [6, 6.07) is 12.2. The number of aliphatic hydroxyl groups is 1. The number of nitrogens with two attached hydrogens (primary N) is 1. The van der Waals surface area contributed by atoms with Crippen molar-refractivity contribution >= 4 is 55.9 Å². The zero-order valence-electron chi connectivity index (χ0n) is 34.6. The number of sulfonamides is 1. The van der Waals surface area contributed by atoms with Crippen molar-refractivity contribution in [3.05, 3.63) is 83.4 Å². The topological polar surface area (TPSA) is 155 Å². The predicted molar refractivity (Wildman–Crippen MR) is 244 cm³/mol. The van der Waals surface area contributed by atoms with Gasteiger partial charge in [-0.1, -0.05) is 65.8 Å². The predicted octanol–water partition coefficient (Wildman–Crippen LogP) is 7.08. The van der Waals surface area contributed by atoms with Crippen LogP contribution in [0.2, 0.25) is 5.02 Å². The first-order valence-corrected chi connectivity index (χ1v) is 24.7. The largest absolute Gasteiger partial charge is 0.490 e. The van der Waals surface area contributed by atoms with Crippen molar-refractivity contribution in [3.8, 4) is 5.75 Å². The van der Waals surface area contributed by atoms with Crippen LogP contribution in [0, 0.1) is 17.8 Å². The van der Waals surface area contributed by atoms with Crippen molar-refractivity contribution in [1.82, 2.24) is 10.2 Å². The van der Waals surface area contributed by atoms with Crippen molar-refractivity contribution in [2.45, 2.75) is 87.5 Å². The number of halogens is 2. The molecule has 58 heavy (non-hydrogen) atoms. The molecule has 2 aromatic carbocycles. The number of hydrogen-bond donors (Lipinski definition) is 4. The highest BCUT2D eigenvalue weighted by molar-refractivity contribution is 14.1. The second kappa shape index (κ2) is 23.1. The van der Waals surface area contributed by atoms with Gasteiger partial charge in [0, 0.05) is 56.3 Å². The minimum Gasteiger partial charge on any atom is -0.490 e. The molecule has 11 nitrogen and oxygen atoms in total. The minimum absolute atomic E-state index is 0.0625. The van der Waals surface area contributed by atoms with Gasteiger partial charge < -0.3 is 29.9 Å². The summed E-state index contributed by atoms with van der Waals surface area (Å²) in [5, 5.41) is 28.6. The molecule has 3 fully saturated rings. The number of carboxylic acids is 1. The van der Waals surface area contributed by atoms with E-state index in [9.17, 15) is 23.4 Å². The van der Waals surface area contributed by atoms with Gasteiger partial charge in [-0.2, -0.15) is 0 Å². The van der Waals surface area contributed by atoms with E-state index in [1.54, 1.807) is 30.4 Å². The number of piperazine rings is 1. The first-order chi connectivity index (χ1) is 27.8. The SMILES string of the molecule is C1CCN2CCNC[C@H]2C1.C=CC[C@H](C)[C@@H](COC)S(N)(=O)=O.C=C[C@H](O)[C@@H]1CC[C@H]1CN1C[C@@]2(CCCc3cc(Cl)ccc32)COc2ccc(C(=O)O)cc21.CI. The number of carbonyl (C=O) groups is 1. The number of ether oxygens (including phenoxy) is 2. The highest BCUT2D eigenvalue weighted by Crippen LogP contribution is 2.46. The Hall–Kier alpha value is -2.24. The van der Waals surface area contributed by atoms with Crippen LogP contribution >= 0.6 is 34.2 Å². The van der Waals surface area contributed by atoms with Gasteiger partial charge in [-0.05, 0) is 122 Å². The molecule has 3 aliphatic heterocycles. The molecule has 3 heterocycles. The summed E-state index contributed by atoms with van der Waals surface area (Å²) in [7, 11) is -2.06. The molecule has 5 aliphatic rings. The van der Waals surface area contributed by atoms with E-state index in [2.05, 4.69) is 63.0 Å². The number of aryl methyl sites for hydroxylation is 1. The van der Waals surface area contributed by atoms with Gasteiger partial charge in [0.2, 0.25) is 10.0 Å². The first-order valence-electron chi connectivity index (χ1n) is 20.6. The summed E-state index contributed by atoms with van der Waals surface area (Å²) in [6.45, 7) is 16.4. The maximum absolute atomic E-state index is 11.7. The highest BCUT2D eigenvalue weighted by atomic mass is 127. The van der Waals surface area contributed by atoms with E-state index in [1.807, 2.05) is 17.9 Å². The molecule has 0 radical (unpaired) electrons. The number of primary sulfonamides is 1. The van der Waals surface area contributed by atoms with Crippen LogP contribution in [0.25, 0.3) is 0 Å². The number of hydrogen-bond acceptors (Lipinski definition) is 9. The summed E-state index contributed by atoms with van der Waals surface area (Å²) in [5.41, 5.74) is 3.44. The molecule has 0 unspecified atom stereocenters. The maximum Gasteiger partial charge on any atom is 0.335 e. The monoisotopic (exact) mass is 956 g/mol. The molecular weight excluding hydrogens is 891 g/mol. The van der Waals surface area contributed by atoms with Crippen molar-refractivity contribution in [3.63, 3.8) is 0 Å². The number of aromatic carboxylic acids is 1. The first kappa shape index (κ1) is 48.4. The summed E-state index contributed by atoms with van der Waals surface area (Å²) >= 11 is 8.46. The van der Waals surface area contributed by atoms with Crippen LogP contribution in [0.5, 0.6) is 5.75 Å². The van der Waals surface area contributed by atoms with E-state index < -0.39 is 27.3 Å². The van der Waals surface area contributed by atoms with Gasteiger partial charge in [-0.3, -0.25) is 4.90 Å². The zero-order chi connectivity index (χ0) is 42.5. The Bertz CT molecular complexity index is 1740. The van der Waals surface area contributed by atoms with Crippen LogP contribution in [0.1, 0.15) is 79.8 Å². The Morgan fingerprint density at radius 1 is 1.16 bits per heavy atom. The summed E-state index contributed by atoms with van der Waals surface area (Å²) < 4.78 is 33.4. The van der Waals surface area contributed by atoms with Gasteiger partial charge in [0.25, 0.3) is 0 Å². The van der Waals surface area contributed by atoms with E-state index in [4.69, 9.17) is 26.2 Å². The molecule has 0 amide bonds. The second-order valence-corrected chi connectivity index (χ2v) is 18.5. The highest BCUT2D eigenvalue weighted by Gasteiger charge is 2.44. The fourth-order valence-corrected chi connectivity index (χ4v) is 10.5. The number of benzene rings is 2. The van der Waals surface area contributed by atoms with Crippen LogP contribution in [0.15, 0.2) is 61.7 Å². The van der Waals surface area contributed by atoms with E-state index in [1.165, 1.54) is 63.7 Å². The number of piperidine rings is 1. The van der Waals surface area contributed by atoms with Gasteiger partial charge in [0.1, 0.15) is 11.0 Å². The quantitative estimate of drug-likeness (QED) is 0.104. The molecule has 5 N–H and O–H groups in total. The Kier molecular flexibility index (Phi) is 19.3. The minimum atomic E-state index is -3.52. The third-order valence-electron chi connectivity index (χ3n) is 12.5. The van der Waals surface area contributed by atoms with Crippen LogP contribution in [-0.4, -0.2) is 111 Å². The molecule has 2 aliphatic carbocycles. The number of methoxy groups -OCH3 is 1. The maximum atomic E-state index is 11.7. The third kappa shape index (κ3) is 12.7. The average molecular weight is 957 g/mol. The van der Waals surface area contributed by atoms with E-state index in [0.717, 1.165) is 67.7 Å². The van der Waals surface area contributed by atoms with E-state index in [-0.39, 0.29) is 29.4 Å². The number of carboxylic acid groups (broad SMARTS) is 1. The van der Waals surface area contributed by atoms with E-state index >= 15 is 0 Å². The second-order valence-electron chi connectivity index (χ2n) is 16.3. The Labute approximate surface area is 365 Å². The van der Waals surface area contributed by atoms with Crippen LogP contribution in [0.3, 0.4) is 0 Å². The van der Waals surface area contributed by atoms with Gasteiger partial charge in [-0.25, -0.2) is 18.4 Å². The molecule has 0 aromatic heterocycles. The van der Waals surface area contributed by atoms with Crippen molar-refractivity contribution in [2.75, 3.05) is 69.4 Å². The van der Waals surface area contributed by atoms with Crippen LogP contribution in [0.4, 0.5) is 5.69 Å². The molecule has 1 spiro atoms. The molecule has 7 rings (SSSR count). The Morgan fingerprint density at radius 3 is 2.57 bits per heavy atom. The lowest BCUT2D eigenvalue weighted by molar-refractivity contribution is 0.0460. The molecule has 2 aromatic rings. The third-order valence-corrected chi connectivity index (χ3v) is 14.2. The smallest absolute Gasteiger partial charge is 0.335 e. The molecule has 2 saturated heterocycles. The van der Waals surface area contributed by atoms with Crippen molar-refractivity contribution < 1.29 is 32.9 Å². The van der Waals surface area contributed by atoms with Gasteiger partial charge in [0.15, 0.2) is 0 Å². The number of rotatable bonds is 11. The van der Waals surface area contributed by atoms with Crippen LogP contribution in [-0.2, 0) is 26.6 Å². The van der Waals surface area contributed by atoms with Gasteiger partial charge in [-0.15, -0.1) is 13.2 Å². The number of nitrogens with one attached hydrogen (secondary N) is 1. The molecule has 324 valence electrons. The number of fused-ring (bicyclic) bond motifs is 4.